The second kappa shape index (κ2) is 8.28. The first-order valence-corrected chi connectivity index (χ1v) is 10.4. The average molecular weight is 370 g/mol. The number of hydrogen-bond donors (Lipinski definition) is 1. The number of nitrogens with one attached hydrogen (secondary N) is 1. The van der Waals surface area contributed by atoms with E-state index in [0.717, 1.165) is 24.0 Å². The Morgan fingerprint density at radius 3 is 2.59 bits per heavy atom. The zero-order chi connectivity index (χ0) is 19.6. The second-order valence-corrected chi connectivity index (χ2v) is 7.77. The molecule has 2 aromatic rings. The molecule has 27 heavy (non-hydrogen) atoms. The zero-order valence-electron chi connectivity index (χ0n) is 17.5. The number of aromatic amines is 1. The highest BCUT2D eigenvalue weighted by Crippen LogP contribution is 2.31. The standard InChI is InChI=1S/C23H32N2O2/c1-6-8-9-10-11-12-19-21-17(5)22(23(26)27-7-2)24-18(21)13-20-16(4)15(3)14-25(19)20/h13H,6-12,14H2,1-5H3/p+1. The number of aryl methyl sites for hydroxylation is 2. The molecule has 0 saturated heterocycles. The van der Waals surface area contributed by atoms with Gasteiger partial charge in [-0.05, 0) is 39.7 Å². The Balaban J connectivity index is 2.04. The van der Waals surface area contributed by atoms with E-state index in [4.69, 9.17) is 4.74 Å². The predicted octanol–water partition coefficient (Wildman–Crippen LogP) is 5.26. The van der Waals surface area contributed by atoms with Crippen molar-refractivity contribution < 1.29 is 14.1 Å². The first kappa shape index (κ1) is 19.7. The lowest BCUT2D eigenvalue weighted by molar-refractivity contribution is -0.692. The summed E-state index contributed by atoms with van der Waals surface area (Å²) in [7, 11) is 0. The number of rotatable bonds is 8. The number of fused-ring (bicyclic) bond motifs is 2. The molecule has 0 amide bonds. The SMILES string of the molecule is CCCCCCCc1c2c(C)c(C(=O)OCC)[nH]c2cc2[n+]1CC(C)=C2C. The van der Waals surface area contributed by atoms with E-state index >= 15 is 0 Å². The van der Waals surface area contributed by atoms with Crippen molar-refractivity contribution in [1.29, 1.82) is 0 Å². The Bertz CT molecular complexity index is 890. The number of carbonyl (C=O) groups excluding carboxylic acids is 1. The molecule has 2 aromatic heterocycles. The van der Waals surface area contributed by atoms with Crippen molar-refractivity contribution in [3.8, 4) is 0 Å². The third kappa shape index (κ3) is 3.67. The van der Waals surface area contributed by atoms with Crippen LogP contribution in [0.15, 0.2) is 11.6 Å². The zero-order valence-corrected chi connectivity index (χ0v) is 17.5. The molecular formula is C23H33N2O2+. The molecule has 0 spiro atoms. The number of nitrogens with zero attached hydrogens (tertiary/aromatic N) is 1. The van der Waals surface area contributed by atoms with Gasteiger partial charge in [-0.15, -0.1) is 0 Å². The first-order chi connectivity index (χ1) is 13.0. The fourth-order valence-corrected chi connectivity index (χ4v) is 4.22. The van der Waals surface area contributed by atoms with E-state index in [2.05, 4.69) is 36.4 Å². The van der Waals surface area contributed by atoms with Crippen LogP contribution in [0.4, 0.5) is 0 Å². The summed E-state index contributed by atoms with van der Waals surface area (Å²) < 4.78 is 7.72. The van der Waals surface area contributed by atoms with Crippen molar-refractivity contribution in [1.82, 2.24) is 4.98 Å². The van der Waals surface area contributed by atoms with Crippen molar-refractivity contribution in [2.24, 2.45) is 0 Å². The summed E-state index contributed by atoms with van der Waals surface area (Å²) in [6.07, 6.45) is 7.38. The van der Waals surface area contributed by atoms with Crippen LogP contribution in [0.3, 0.4) is 0 Å². The molecular weight excluding hydrogens is 336 g/mol. The quantitative estimate of drug-likeness (QED) is 0.392. The molecule has 3 heterocycles. The molecule has 0 aliphatic carbocycles. The average Bonchev–Trinajstić information content (AvgIpc) is 3.12. The van der Waals surface area contributed by atoms with Crippen molar-refractivity contribution >= 4 is 22.4 Å². The van der Waals surface area contributed by atoms with Crippen molar-refractivity contribution in [3.63, 3.8) is 0 Å². The van der Waals surface area contributed by atoms with Gasteiger partial charge in [0.25, 0.3) is 0 Å². The number of H-pyrrole nitrogens is 1. The van der Waals surface area contributed by atoms with Crippen molar-refractivity contribution in [3.05, 3.63) is 34.3 Å². The number of ether oxygens (including phenoxy) is 1. The summed E-state index contributed by atoms with van der Waals surface area (Å²) in [5.74, 6) is -0.256. The van der Waals surface area contributed by atoms with Crippen LogP contribution in [0.5, 0.6) is 0 Å². The van der Waals surface area contributed by atoms with E-state index in [-0.39, 0.29) is 5.97 Å². The van der Waals surface area contributed by atoms with E-state index in [9.17, 15) is 4.79 Å². The molecule has 0 saturated carbocycles. The highest BCUT2D eigenvalue weighted by atomic mass is 16.5. The Morgan fingerprint density at radius 1 is 1.15 bits per heavy atom. The van der Waals surface area contributed by atoms with Crippen molar-refractivity contribution in [2.45, 2.75) is 79.7 Å². The normalized spacial score (nSPS) is 13.5. The van der Waals surface area contributed by atoms with Gasteiger partial charge in [-0.25, -0.2) is 4.79 Å². The summed E-state index contributed by atoms with van der Waals surface area (Å²) in [4.78, 5) is 15.7. The lowest BCUT2D eigenvalue weighted by Crippen LogP contribution is -2.39. The fraction of sp³-hybridized carbons (Fsp3) is 0.565. The maximum Gasteiger partial charge on any atom is 0.355 e. The summed E-state index contributed by atoms with van der Waals surface area (Å²) in [5, 5.41) is 1.21. The molecule has 0 aromatic carbocycles. The van der Waals surface area contributed by atoms with E-state index in [1.807, 2.05) is 13.8 Å². The van der Waals surface area contributed by atoms with Gasteiger partial charge in [-0.3, -0.25) is 0 Å². The molecule has 146 valence electrons. The van der Waals surface area contributed by atoms with E-state index in [1.54, 1.807) is 0 Å². The molecule has 4 heteroatoms. The summed E-state index contributed by atoms with van der Waals surface area (Å²) in [6, 6.07) is 2.21. The second-order valence-electron chi connectivity index (χ2n) is 7.77. The van der Waals surface area contributed by atoms with Gasteiger partial charge in [0.1, 0.15) is 5.69 Å². The third-order valence-corrected chi connectivity index (χ3v) is 5.88. The highest BCUT2D eigenvalue weighted by Gasteiger charge is 2.31. The lowest BCUT2D eigenvalue weighted by atomic mass is 10.0. The van der Waals surface area contributed by atoms with Gasteiger partial charge in [-0.2, -0.15) is 4.57 Å². The van der Waals surface area contributed by atoms with Gasteiger partial charge in [0.2, 0.25) is 5.69 Å². The Labute approximate surface area is 162 Å². The van der Waals surface area contributed by atoms with Gasteiger partial charge in [0, 0.05) is 23.6 Å². The number of unbranched alkanes of at least 4 members (excludes halogenated alkanes) is 4. The maximum absolute atomic E-state index is 12.4. The van der Waals surface area contributed by atoms with Gasteiger partial charge in [-0.1, -0.05) is 32.6 Å². The molecule has 0 radical (unpaired) electrons. The van der Waals surface area contributed by atoms with Crippen LogP contribution in [0.2, 0.25) is 0 Å². The number of esters is 1. The van der Waals surface area contributed by atoms with Crippen LogP contribution in [0.25, 0.3) is 16.5 Å². The molecule has 1 aliphatic heterocycles. The predicted molar refractivity (Wildman–Crippen MR) is 110 cm³/mol. The minimum absolute atomic E-state index is 0.256. The van der Waals surface area contributed by atoms with E-state index < -0.39 is 0 Å². The van der Waals surface area contributed by atoms with Crippen LogP contribution >= 0.6 is 0 Å². The Hall–Kier alpha value is -2.10. The molecule has 4 nitrogen and oxygen atoms in total. The number of carbonyl (C=O) groups is 1. The van der Waals surface area contributed by atoms with E-state index in [0.29, 0.717) is 12.3 Å². The topological polar surface area (TPSA) is 46.0 Å². The molecule has 0 atom stereocenters. The van der Waals surface area contributed by atoms with Crippen LogP contribution in [0.1, 0.15) is 87.2 Å². The van der Waals surface area contributed by atoms with Crippen LogP contribution in [-0.2, 0) is 17.7 Å². The van der Waals surface area contributed by atoms with Crippen LogP contribution in [0, 0.1) is 6.92 Å². The monoisotopic (exact) mass is 369 g/mol. The number of pyridine rings is 1. The maximum atomic E-state index is 12.4. The lowest BCUT2D eigenvalue weighted by Gasteiger charge is -2.07. The third-order valence-electron chi connectivity index (χ3n) is 5.88. The number of aromatic nitrogens is 2. The van der Waals surface area contributed by atoms with Crippen LogP contribution < -0.4 is 4.57 Å². The minimum atomic E-state index is -0.256. The summed E-state index contributed by atoms with van der Waals surface area (Å²) >= 11 is 0. The molecule has 3 rings (SSSR count). The summed E-state index contributed by atoms with van der Waals surface area (Å²) in [5.41, 5.74) is 8.09. The van der Waals surface area contributed by atoms with E-state index in [1.165, 1.54) is 60.0 Å². The fourth-order valence-electron chi connectivity index (χ4n) is 4.22. The molecule has 0 fully saturated rings. The molecule has 0 unspecified atom stereocenters. The Kier molecular flexibility index (Phi) is 6.03. The largest absolute Gasteiger partial charge is 0.461 e. The smallest absolute Gasteiger partial charge is 0.355 e. The van der Waals surface area contributed by atoms with Gasteiger partial charge < -0.3 is 9.72 Å². The highest BCUT2D eigenvalue weighted by molar-refractivity contribution is 5.99. The molecule has 1 N–H and O–H groups in total. The summed E-state index contributed by atoms with van der Waals surface area (Å²) in [6.45, 7) is 11.9. The number of hydrogen-bond acceptors (Lipinski definition) is 2. The number of allylic oxidation sites excluding steroid dienone is 2. The van der Waals surface area contributed by atoms with Gasteiger partial charge >= 0.3 is 5.97 Å². The Morgan fingerprint density at radius 2 is 1.89 bits per heavy atom. The van der Waals surface area contributed by atoms with Crippen molar-refractivity contribution in [2.75, 3.05) is 6.61 Å². The molecule has 1 aliphatic rings. The van der Waals surface area contributed by atoms with Gasteiger partial charge in [0.15, 0.2) is 12.2 Å². The first-order valence-electron chi connectivity index (χ1n) is 10.4. The van der Waals surface area contributed by atoms with Gasteiger partial charge in [0.05, 0.1) is 17.5 Å². The van der Waals surface area contributed by atoms with Crippen LogP contribution in [-0.4, -0.2) is 17.6 Å². The molecule has 0 bridgehead atoms. The minimum Gasteiger partial charge on any atom is -0.461 e.